The smallest absolute Gasteiger partial charge is 0.144 e. The van der Waals surface area contributed by atoms with E-state index in [2.05, 4.69) is 100 Å². The van der Waals surface area contributed by atoms with E-state index in [0.29, 0.717) is 0 Å². The van der Waals surface area contributed by atoms with Crippen LogP contribution in [0, 0.1) is 13.8 Å². The molecule has 0 spiro atoms. The largest absolute Gasteiger partial charge is 0.507 e. The molecule has 1 N–H and O–H groups in total. The number of hydrogen-bond acceptors (Lipinski definition) is 3. The molecule has 0 aliphatic heterocycles. The lowest BCUT2D eigenvalue weighted by Crippen LogP contribution is -2.37. The highest BCUT2D eigenvalue weighted by atomic mass is 28.3. The summed E-state index contributed by atoms with van der Waals surface area (Å²) >= 11 is 0. The Labute approximate surface area is 233 Å². The summed E-state index contributed by atoms with van der Waals surface area (Å²) in [7, 11) is 0.539. The van der Waals surface area contributed by atoms with Crippen LogP contribution in [-0.2, 0) is 12.5 Å². The van der Waals surface area contributed by atoms with Crippen molar-refractivity contribution in [2.75, 3.05) is 0 Å². The average Bonchev–Trinajstić information content (AvgIpc) is 3.21. The van der Waals surface area contributed by atoms with Gasteiger partial charge in [-0.15, -0.1) is 0 Å². The van der Waals surface area contributed by atoms with Crippen LogP contribution in [0.5, 0.6) is 5.75 Å². The van der Waals surface area contributed by atoms with Gasteiger partial charge < -0.3 is 9.67 Å². The van der Waals surface area contributed by atoms with E-state index < -0.39 is 8.07 Å². The summed E-state index contributed by atoms with van der Waals surface area (Å²) in [5, 5.41) is 12.3. The Morgan fingerprint density at radius 2 is 1.56 bits per heavy atom. The summed E-state index contributed by atoms with van der Waals surface area (Å²) in [6, 6.07) is 21.6. The summed E-state index contributed by atoms with van der Waals surface area (Å²) in [5.41, 5.74) is 10.2. The van der Waals surface area contributed by atoms with Crippen LogP contribution in [0.2, 0.25) is 19.6 Å². The average molecular weight is 534 g/mol. The predicted octanol–water partition coefficient (Wildman–Crippen LogP) is 8.13. The SMILES string of the molecule is Cc1cc(C)c(O)c(-c2nc3c(-c4cc(-c5cc([Si](C)(C)C)ccn5)cc(C(C)(C)C)c4)cccc3n2C)c1. The Balaban J connectivity index is 1.75. The zero-order chi connectivity index (χ0) is 28.3. The molecule has 4 nitrogen and oxygen atoms in total. The van der Waals surface area contributed by atoms with Crippen LogP contribution >= 0.6 is 0 Å². The number of imidazole rings is 1. The maximum Gasteiger partial charge on any atom is 0.144 e. The second kappa shape index (κ2) is 9.49. The topological polar surface area (TPSA) is 50.9 Å². The van der Waals surface area contributed by atoms with Crippen LogP contribution in [0.1, 0.15) is 37.5 Å². The fourth-order valence-corrected chi connectivity index (χ4v) is 6.38. The van der Waals surface area contributed by atoms with Crippen LogP contribution in [0.4, 0.5) is 0 Å². The fraction of sp³-hybridized carbons (Fsp3) is 0.294. The molecular weight excluding hydrogens is 494 g/mol. The van der Waals surface area contributed by atoms with Crippen molar-refractivity contribution in [2.24, 2.45) is 7.05 Å². The normalized spacial score (nSPS) is 12.3. The van der Waals surface area contributed by atoms with Crippen LogP contribution in [-0.4, -0.2) is 27.7 Å². The number of para-hydroxylation sites is 1. The van der Waals surface area contributed by atoms with Gasteiger partial charge >= 0.3 is 0 Å². The Morgan fingerprint density at radius 1 is 0.846 bits per heavy atom. The van der Waals surface area contributed by atoms with Crippen molar-refractivity contribution in [3.8, 4) is 39.5 Å². The van der Waals surface area contributed by atoms with E-state index in [9.17, 15) is 5.11 Å². The quantitative estimate of drug-likeness (QED) is 0.237. The molecular formula is C34H39N3OSi. The van der Waals surface area contributed by atoms with Gasteiger partial charge in [-0.3, -0.25) is 4.98 Å². The second-order valence-corrected chi connectivity index (χ2v) is 18.0. The van der Waals surface area contributed by atoms with Gasteiger partial charge in [-0.05, 0) is 77.9 Å². The Bertz CT molecular complexity index is 1720. The highest BCUT2D eigenvalue weighted by molar-refractivity contribution is 6.88. The van der Waals surface area contributed by atoms with Gasteiger partial charge in [0.05, 0.1) is 30.4 Å². The third kappa shape index (κ3) is 5.03. The first kappa shape index (κ1) is 26.9. The number of rotatable bonds is 4. The lowest BCUT2D eigenvalue weighted by molar-refractivity contribution is 0.472. The van der Waals surface area contributed by atoms with Crippen molar-refractivity contribution in [1.82, 2.24) is 14.5 Å². The molecule has 2 heterocycles. The predicted molar refractivity (Wildman–Crippen MR) is 168 cm³/mol. The van der Waals surface area contributed by atoms with E-state index in [1.807, 2.05) is 32.3 Å². The molecule has 3 aromatic carbocycles. The first-order chi connectivity index (χ1) is 18.2. The first-order valence-corrected chi connectivity index (χ1v) is 17.1. The second-order valence-electron chi connectivity index (χ2n) is 12.9. The molecule has 0 saturated carbocycles. The lowest BCUT2D eigenvalue weighted by Gasteiger charge is -2.22. The highest BCUT2D eigenvalue weighted by Gasteiger charge is 2.22. The number of hydrogen-bond donors (Lipinski definition) is 1. The summed E-state index contributed by atoms with van der Waals surface area (Å²) < 4.78 is 2.08. The van der Waals surface area contributed by atoms with Crippen LogP contribution in [0.3, 0.4) is 0 Å². The van der Waals surface area contributed by atoms with Gasteiger partial charge in [-0.2, -0.15) is 0 Å². The number of fused-ring (bicyclic) bond motifs is 1. The minimum atomic E-state index is -1.48. The highest BCUT2D eigenvalue weighted by Crippen LogP contribution is 2.39. The Hall–Kier alpha value is -3.70. The third-order valence-corrected chi connectivity index (χ3v) is 9.67. The number of aryl methyl sites for hydroxylation is 3. The summed E-state index contributed by atoms with van der Waals surface area (Å²) in [6.45, 7) is 17.9. The Morgan fingerprint density at radius 3 is 2.26 bits per heavy atom. The molecule has 0 aliphatic rings. The molecule has 0 bridgehead atoms. The number of benzene rings is 3. The van der Waals surface area contributed by atoms with E-state index in [1.165, 1.54) is 10.8 Å². The number of pyridine rings is 1. The molecule has 5 aromatic rings. The van der Waals surface area contributed by atoms with Crippen molar-refractivity contribution in [1.29, 1.82) is 0 Å². The zero-order valence-corrected chi connectivity index (χ0v) is 25.6. The maximum absolute atomic E-state index is 10.9. The molecule has 200 valence electrons. The third-order valence-electron chi connectivity index (χ3n) is 7.63. The van der Waals surface area contributed by atoms with Gasteiger partial charge in [0.25, 0.3) is 0 Å². The van der Waals surface area contributed by atoms with Gasteiger partial charge in [-0.25, -0.2) is 4.98 Å². The van der Waals surface area contributed by atoms with E-state index in [-0.39, 0.29) is 11.2 Å². The van der Waals surface area contributed by atoms with E-state index in [1.54, 1.807) is 0 Å². The van der Waals surface area contributed by atoms with Crippen LogP contribution in [0.25, 0.3) is 44.8 Å². The monoisotopic (exact) mass is 533 g/mol. The van der Waals surface area contributed by atoms with Gasteiger partial charge in [0, 0.05) is 24.4 Å². The number of nitrogens with zero attached hydrogens (tertiary/aromatic N) is 3. The van der Waals surface area contributed by atoms with Crippen LogP contribution < -0.4 is 5.19 Å². The van der Waals surface area contributed by atoms with Gasteiger partial charge in [0.1, 0.15) is 11.6 Å². The van der Waals surface area contributed by atoms with Crippen molar-refractivity contribution in [3.05, 3.63) is 83.6 Å². The molecule has 2 aromatic heterocycles. The minimum absolute atomic E-state index is 0.0325. The van der Waals surface area contributed by atoms with Crippen LogP contribution in [0.15, 0.2) is 66.9 Å². The molecule has 0 amide bonds. The molecule has 0 radical (unpaired) electrons. The maximum atomic E-state index is 10.9. The minimum Gasteiger partial charge on any atom is -0.507 e. The lowest BCUT2D eigenvalue weighted by atomic mass is 9.83. The molecule has 0 saturated heterocycles. The number of phenols is 1. The van der Waals surface area contributed by atoms with Crippen molar-refractivity contribution in [2.45, 2.75) is 59.7 Å². The summed E-state index contributed by atoms with van der Waals surface area (Å²) in [6.07, 6.45) is 1.95. The molecule has 0 atom stereocenters. The number of phenolic OH excluding ortho intramolecular Hbond substituents is 1. The van der Waals surface area contributed by atoms with Gasteiger partial charge in [0.2, 0.25) is 0 Å². The Kier molecular flexibility index (Phi) is 6.54. The molecule has 5 heteroatoms. The first-order valence-electron chi connectivity index (χ1n) is 13.6. The standard InChI is InChI=1S/C34H39N3OSi/c1-21-15-22(2)32(38)28(16-21)33-36-31-27(11-10-12-30(31)37(33)6)23-17-24(19-25(18-23)34(3,4)5)29-20-26(13-14-35-29)39(7,8)9/h10-20,38H,1-9H3. The van der Waals surface area contributed by atoms with E-state index >= 15 is 0 Å². The van der Waals surface area contributed by atoms with Gasteiger partial charge in [-0.1, -0.05) is 69.9 Å². The van der Waals surface area contributed by atoms with Crippen molar-refractivity contribution >= 4 is 24.3 Å². The zero-order valence-electron chi connectivity index (χ0n) is 24.6. The number of aromatic hydroxyl groups is 1. The summed E-state index contributed by atoms with van der Waals surface area (Å²) in [5.74, 6) is 1.05. The van der Waals surface area contributed by atoms with E-state index in [4.69, 9.17) is 9.97 Å². The molecule has 39 heavy (non-hydrogen) atoms. The molecule has 0 aliphatic carbocycles. The summed E-state index contributed by atoms with van der Waals surface area (Å²) in [4.78, 5) is 9.94. The van der Waals surface area contributed by atoms with Crippen molar-refractivity contribution < 1.29 is 5.11 Å². The number of aromatic nitrogens is 3. The molecule has 5 rings (SSSR count). The van der Waals surface area contributed by atoms with Crippen molar-refractivity contribution in [3.63, 3.8) is 0 Å². The van der Waals surface area contributed by atoms with Gasteiger partial charge in [0.15, 0.2) is 0 Å². The van der Waals surface area contributed by atoms with E-state index in [0.717, 1.165) is 55.9 Å². The molecule has 0 unspecified atom stereocenters. The molecule has 0 fully saturated rings. The fourth-order valence-electron chi connectivity index (χ4n) is 5.24.